The number of hydrogen-bond acceptors (Lipinski definition) is 4. The minimum Gasteiger partial charge on any atom is -0.318 e. The zero-order chi connectivity index (χ0) is 20.8. The maximum atomic E-state index is 12.9. The van der Waals surface area contributed by atoms with Crippen LogP contribution in [0.15, 0.2) is 64.6 Å². The van der Waals surface area contributed by atoms with Crippen LogP contribution in [0.4, 0.5) is 0 Å². The number of nitriles is 1. The second kappa shape index (κ2) is 7.26. The van der Waals surface area contributed by atoms with Crippen molar-refractivity contribution in [3.63, 3.8) is 0 Å². The van der Waals surface area contributed by atoms with Gasteiger partial charge in [-0.05, 0) is 55.7 Å². The summed E-state index contributed by atoms with van der Waals surface area (Å²) in [5.41, 5.74) is 2.35. The van der Waals surface area contributed by atoms with Gasteiger partial charge in [0.05, 0.1) is 4.88 Å². The first-order valence-corrected chi connectivity index (χ1v) is 11.0. The maximum absolute atomic E-state index is 12.9. The Morgan fingerprint density at radius 3 is 2.63 bits per heavy atom. The molecule has 0 N–H and O–H groups in total. The highest BCUT2D eigenvalue weighted by Gasteiger charge is 2.37. The molecule has 2 heterocycles. The molecule has 30 heavy (non-hydrogen) atoms. The third-order valence-electron chi connectivity index (χ3n) is 6.20. The van der Waals surface area contributed by atoms with E-state index in [9.17, 15) is 10.1 Å². The molecule has 6 heteroatoms. The fourth-order valence-electron chi connectivity index (χ4n) is 4.70. The quantitative estimate of drug-likeness (QED) is 0.598. The summed E-state index contributed by atoms with van der Waals surface area (Å²) in [6.45, 7) is 3.65. The number of pyridine rings is 1. The summed E-state index contributed by atoms with van der Waals surface area (Å²) in [6, 6.07) is 14.5. The zero-order valence-corrected chi connectivity index (χ0v) is 17.8. The van der Waals surface area contributed by atoms with E-state index in [0.717, 1.165) is 27.4 Å². The molecule has 1 saturated carbocycles. The standard InChI is InChI=1S/C24H22N4OS/c1-15-10-16(2)28(23(29)20(15)13-25)26-24-27(21-12-17-8-9-19(21)11-17)14-22(30-24)18-6-4-3-5-7-18/h3-10,14,17,19,21H,11-12H2,1-2H3/b26-24+. The number of benzene rings is 1. The number of aryl methyl sites for hydroxylation is 2. The van der Waals surface area contributed by atoms with E-state index in [1.165, 1.54) is 11.1 Å². The largest absolute Gasteiger partial charge is 0.318 e. The van der Waals surface area contributed by atoms with Gasteiger partial charge >= 0.3 is 0 Å². The second-order valence-electron chi connectivity index (χ2n) is 8.17. The maximum Gasteiger partial charge on any atom is 0.289 e. The minimum absolute atomic E-state index is 0.151. The topological polar surface area (TPSA) is 63.1 Å². The second-order valence-corrected chi connectivity index (χ2v) is 9.18. The molecule has 2 aromatic heterocycles. The van der Waals surface area contributed by atoms with E-state index in [4.69, 9.17) is 5.10 Å². The van der Waals surface area contributed by atoms with Crippen LogP contribution in [0.2, 0.25) is 0 Å². The molecule has 1 aromatic carbocycles. The molecular formula is C24H22N4OS. The number of hydrogen-bond donors (Lipinski definition) is 0. The third kappa shape index (κ3) is 3.06. The summed E-state index contributed by atoms with van der Waals surface area (Å²) in [7, 11) is 0. The monoisotopic (exact) mass is 414 g/mol. The van der Waals surface area contributed by atoms with Crippen molar-refractivity contribution in [2.75, 3.05) is 0 Å². The normalized spacial score (nSPS) is 22.6. The zero-order valence-electron chi connectivity index (χ0n) is 16.9. The van der Waals surface area contributed by atoms with Crippen molar-refractivity contribution in [3.05, 3.63) is 86.7 Å². The predicted octanol–water partition coefficient (Wildman–Crippen LogP) is 4.37. The molecule has 3 unspecified atom stereocenters. The lowest BCUT2D eigenvalue weighted by Gasteiger charge is -2.20. The summed E-state index contributed by atoms with van der Waals surface area (Å²) >= 11 is 1.59. The van der Waals surface area contributed by atoms with Crippen molar-refractivity contribution in [3.8, 4) is 16.5 Å². The fraction of sp³-hybridized carbons (Fsp3) is 0.292. The summed E-state index contributed by atoms with van der Waals surface area (Å²) in [6.07, 6.45) is 9.13. The van der Waals surface area contributed by atoms with E-state index in [0.29, 0.717) is 23.4 Å². The summed E-state index contributed by atoms with van der Waals surface area (Å²) in [5, 5.41) is 14.2. The average Bonchev–Trinajstić information content (AvgIpc) is 3.47. The smallest absolute Gasteiger partial charge is 0.289 e. The van der Waals surface area contributed by atoms with E-state index in [2.05, 4.69) is 35.0 Å². The number of nitrogens with zero attached hydrogens (tertiary/aromatic N) is 4. The van der Waals surface area contributed by atoms with Crippen LogP contribution in [-0.4, -0.2) is 9.24 Å². The van der Waals surface area contributed by atoms with Crippen molar-refractivity contribution < 1.29 is 0 Å². The van der Waals surface area contributed by atoms with Crippen molar-refractivity contribution in [2.45, 2.75) is 32.7 Å². The Balaban J connectivity index is 1.72. The lowest BCUT2D eigenvalue weighted by atomic mass is 10.0. The lowest BCUT2D eigenvalue weighted by molar-refractivity contribution is 0.421. The third-order valence-corrected chi connectivity index (χ3v) is 7.23. The van der Waals surface area contributed by atoms with E-state index < -0.39 is 0 Å². The molecule has 5 nitrogen and oxygen atoms in total. The molecule has 0 spiro atoms. The number of thiazole rings is 1. The van der Waals surface area contributed by atoms with Gasteiger partial charge in [-0.15, -0.1) is 5.10 Å². The first-order chi connectivity index (χ1) is 14.5. The van der Waals surface area contributed by atoms with Crippen LogP contribution in [0, 0.1) is 37.0 Å². The molecule has 150 valence electrons. The predicted molar refractivity (Wildman–Crippen MR) is 118 cm³/mol. The van der Waals surface area contributed by atoms with Gasteiger partial charge in [0.1, 0.15) is 11.6 Å². The molecule has 3 aromatic rings. The van der Waals surface area contributed by atoms with Crippen LogP contribution in [0.5, 0.6) is 0 Å². The van der Waals surface area contributed by atoms with Crippen LogP contribution in [0.1, 0.15) is 35.7 Å². The first-order valence-electron chi connectivity index (χ1n) is 10.2. The Labute approximate surface area is 178 Å². The molecule has 0 aliphatic heterocycles. The molecule has 2 aliphatic rings. The summed E-state index contributed by atoms with van der Waals surface area (Å²) in [5.74, 6) is 1.15. The Hall–Kier alpha value is -3.17. The Morgan fingerprint density at radius 1 is 1.17 bits per heavy atom. The highest BCUT2D eigenvalue weighted by atomic mass is 32.1. The van der Waals surface area contributed by atoms with Crippen molar-refractivity contribution >= 4 is 11.3 Å². The highest BCUT2D eigenvalue weighted by Crippen LogP contribution is 2.46. The van der Waals surface area contributed by atoms with Crippen LogP contribution in [0.25, 0.3) is 10.4 Å². The van der Waals surface area contributed by atoms with Gasteiger partial charge in [-0.25, -0.2) is 0 Å². The van der Waals surface area contributed by atoms with Gasteiger partial charge in [0.2, 0.25) is 4.80 Å². The summed E-state index contributed by atoms with van der Waals surface area (Å²) < 4.78 is 3.63. The minimum atomic E-state index is -0.357. The van der Waals surface area contributed by atoms with Crippen LogP contribution in [0.3, 0.4) is 0 Å². The molecular weight excluding hydrogens is 392 g/mol. The van der Waals surface area contributed by atoms with E-state index in [1.54, 1.807) is 18.3 Å². The van der Waals surface area contributed by atoms with E-state index >= 15 is 0 Å². The molecule has 5 rings (SSSR count). The molecule has 0 saturated heterocycles. The van der Waals surface area contributed by atoms with Crippen LogP contribution < -0.4 is 10.4 Å². The lowest BCUT2D eigenvalue weighted by Crippen LogP contribution is -2.28. The molecule has 2 aliphatic carbocycles. The molecule has 0 radical (unpaired) electrons. The molecule has 0 amide bonds. The Morgan fingerprint density at radius 2 is 1.97 bits per heavy atom. The Bertz CT molecular complexity index is 1320. The van der Waals surface area contributed by atoms with Crippen LogP contribution in [-0.2, 0) is 0 Å². The van der Waals surface area contributed by atoms with Gasteiger partial charge in [-0.1, -0.05) is 53.8 Å². The number of fused-ring (bicyclic) bond motifs is 2. The SMILES string of the molecule is Cc1cc(C)n(/N=c2/sc(-c3ccccc3)cn2C2CC3C=CC2C3)c(=O)c1C#N. The molecule has 1 fully saturated rings. The number of rotatable bonds is 3. The first kappa shape index (κ1) is 18.8. The molecule has 2 bridgehead atoms. The van der Waals surface area contributed by atoms with Crippen molar-refractivity contribution in [2.24, 2.45) is 16.9 Å². The number of allylic oxidation sites excluding steroid dienone is 2. The average molecular weight is 415 g/mol. The summed E-state index contributed by atoms with van der Waals surface area (Å²) in [4.78, 5) is 14.8. The van der Waals surface area contributed by atoms with Gasteiger partial charge < -0.3 is 4.57 Å². The van der Waals surface area contributed by atoms with Gasteiger partial charge in [0.15, 0.2) is 0 Å². The van der Waals surface area contributed by atoms with Crippen LogP contribution >= 0.6 is 11.3 Å². The Kier molecular flexibility index (Phi) is 4.56. The van der Waals surface area contributed by atoms with E-state index in [-0.39, 0.29) is 11.1 Å². The highest BCUT2D eigenvalue weighted by molar-refractivity contribution is 7.12. The van der Waals surface area contributed by atoms with Crippen molar-refractivity contribution in [1.82, 2.24) is 9.24 Å². The van der Waals surface area contributed by atoms with Gasteiger partial charge in [-0.3, -0.25) is 4.79 Å². The van der Waals surface area contributed by atoms with Gasteiger partial charge in [0.25, 0.3) is 5.56 Å². The van der Waals surface area contributed by atoms with Gasteiger partial charge in [-0.2, -0.15) is 9.94 Å². The fourth-order valence-corrected chi connectivity index (χ4v) is 5.74. The molecule has 3 atom stereocenters. The van der Waals surface area contributed by atoms with E-state index in [1.807, 2.05) is 37.3 Å². The van der Waals surface area contributed by atoms with Crippen molar-refractivity contribution in [1.29, 1.82) is 5.26 Å². The van der Waals surface area contributed by atoms with Gasteiger partial charge in [0, 0.05) is 17.9 Å². The number of aromatic nitrogens is 2.